The minimum absolute atomic E-state index is 0.247. The van der Waals surface area contributed by atoms with E-state index < -0.39 is 0 Å². The highest BCUT2D eigenvalue weighted by atomic mass is 19.1. The summed E-state index contributed by atoms with van der Waals surface area (Å²) in [6.45, 7) is 3.52. The lowest BCUT2D eigenvalue weighted by molar-refractivity contribution is 0.102. The molecule has 0 saturated carbocycles. The molecule has 0 radical (unpaired) electrons. The first-order valence-electron chi connectivity index (χ1n) is 8.68. The van der Waals surface area contributed by atoms with E-state index in [0.717, 1.165) is 5.69 Å². The van der Waals surface area contributed by atoms with Gasteiger partial charge in [0.1, 0.15) is 5.82 Å². The zero-order valence-electron chi connectivity index (χ0n) is 15.3. The van der Waals surface area contributed by atoms with Crippen LogP contribution in [0.15, 0.2) is 59.5 Å². The second kappa shape index (κ2) is 6.77. The normalized spacial score (nSPS) is 11.0. The summed E-state index contributed by atoms with van der Waals surface area (Å²) in [7, 11) is 0. The molecule has 140 valence electrons. The van der Waals surface area contributed by atoms with E-state index in [1.54, 1.807) is 49.5 Å². The van der Waals surface area contributed by atoms with Crippen molar-refractivity contribution in [2.45, 2.75) is 13.8 Å². The number of hydrogen-bond donors (Lipinski definition) is 2. The van der Waals surface area contributed by atoms with E-state index in [1.165, 1.54) is 16.7 Å². The first-order valence-corrected chi connectivity index (χ1v) is 8.68. The largest absolute Gasteiger partial charge is 0.330 e. The van der Waals surface area contributed by atoms with E-state index in [0.29, 0.717) is 33.5 Å². The predicted molar refractivity (Wildman–Crippen MR) is 106 cm³/mol. The Kier molecular flexibility index (Phi) is 4.27. The number of carbonyl (C=O) groups excluding carboxylic acids is 1. The van der Waals surface area contributed by atoms with Crippen LogP contribution in [0.4, 0.5) is 10.1 Å². The number of anilines is 1. The molecule has 0 aliphatic carbocycles. The molecule has 4 aromatic rings. The number of aryl methyl sites for hydroxylation is 2. The Morgan fingerprint density at radius 2 is 1.96 bits per heavy atom. The summed E-state index contributed by atoms with van der Waals surface area (Å²) >= 11 is 0. The lowest BCUT2D eigenvalue weighted by atomic mass is 10.1. The molecule has 2 aromatic heterocycles. The van der Waals surface area contributed by atoms with Gasteiger partial charge in [-0.15, -0.1) is 0 Å². The van der Waals surface area contributed by atoms with Crippen molar-refractivity contribution >= 4 is 22.5 Å². The molecule has 28 heavy (non-hydrogen) atoms. The van der Waals surface area contributed by atoms with Gasteiger partial charge < -0.3 is 10.3 Å². The van der Waals surface area contributed by atoms with Crippen molar-refractivity contribution in [2.75, 3.05) is 5.32 Å². The summed E-state index contributed by atoms with van der Waals surface area (Å²) in [4.78, 5) is 31.7. The summed E-state index contributed by atoms with van der Waals surface area (Å²) in [5.41, 5.74) is 3.11. The lowest BCUT2D eigenvalue weighted by Gasteiger charge is -2.11. The van der Waals surface area contributed by atoms with Gasteiger partial charge in [-0.3, -0.25) is 14.3 Å². The van der Waals surface area contributed by atoms with Gasteiger partial charge in [0.05, 0.1) is 22.5 Å². The molecule has 0 spiro atoms. The number of nitrogens with zero attached hydrogens (tertiary/aromatic N) is 2. The number of imidazole rings is 1. The van der Waals surface area contributed by atoms with E-state index in [-0.39, 0.29) is 17.4 Å². The van der Waals surface area contributed by atoms with Crippen LogP contribution in [0.25, 0.3) is 16.6 Å². The highest BCUT2D eigenvalue weighted by Gasteiger charge is 2.13. The van der Waals surface area contributed by atoms with Gasteiger partial charge >= 0.3 is 5.69 Å². The molecule has 4 rings (SSSR count). The van der Waals surface area contributed by atoms with Crippen LogP contribution in [0.1, 0.15) is 21.7 Å². The topological polar surface area (TPSA) is 79.8 Å². The Morgan fingerprint density at radius 3 is 2.71 bits per heavy atom. The molecule has 0 unspecified atom stereocenters. The van der Waals surface area contributed by atoms with Crippen LogP contribution in [0.2, 0.25) is 0 Å². The van der Waals surface area contributed by atoms with Crippen LogP contribution in [-0.2, 0) is 0 Å². The van der Waals surface area contributed by atoms with Gasteiger partial charge in [0, 0.05) is 29.0 Å². The highest BCUT2D eigenvalue weighted by Crippen LogP contribution is 2.20. The van der Waals surface area contributed by atoms with Crippen molar-refractivity contribution in [1.82, 2.24) is 14.5 Å². The number of hydrogen-bond acceptors (Lipinski definition) is 3. The maximum atomic E-state index is 13.4. The van der Waals surface area contributed by atoms with E-state index in [9.17, 15) is 14.0 Å². The highest BCUT2D eigenvalue weighted by molar-refractivity contribution is 6.06. The average molecular weight is 376 g/mol. The average Bonchev–Trinajstić information content (AvgIpc) is 2.99. The Bertz CT molecular complexity index is 1270. The van der Waals surface area contributed by atoms with Gasteiger partial charge in [0.2, 0.25) is 0 Å². The fourth-order valence-electron chi connectivity index (χ4n) is 3.16. The first-order chi connectivity index (χ1) is 13.4. The minimum atomic E-state index is -0.372. The van der Waals surface area contributed by atoms with Crippen molar-refractivity contribution in [1.29, 1.82) is 0 Å². The van der Waals surface area contributed by atoms with Gasteiger partial charge in [-0.05, 0) is 50.2 Å². The molecular formula is C21H17FN4O2. The third-order valence-electron chi connectivity index (χ3n) is 4.54. The number of nitrogens with one attached hydrogen (secondary N) is 2. The number of carbonyl (C=O) groups is 1. The summed E-state index contributed by atoms with van der Waals surface area (Å²) < 4.78 is 14.9. The molecule has 0 aliphatic heterocycles. The zero-order valence-corrected chi connectivity index (χ0v) is 15.3. The van der Waals surface area contributed by atoms with Crippen LogP contribution < -0.4 is 11.0 Å². The van der Waals surface area contributed by atoms with Crippen LogP contribution in [-0.4, -0.2) is 20.4 Å². The maximum Gasteiger partial charge on any atom is 0.330 e. The molecule has 0 atom stereocenters. The van der Waals surface area contributed by atoms with Crippen molar-refractivity contribution in [2.24, 2.45) is 0 Å². The number of H-pyrrole nitrogens is 1. The molecular weight excluding hydrogens is 359 g/mol. The van der Waals surface area contributed by atoms with Gasteiger partial charge in [0.15, 0.2) is 0 Å². The monoisotopic (exact) mass is 376 g/mol. The second-order valence-corrected chi connectivity index (χ2v) is 6.53. The Labute approximate surface area is 159 Å². The van der Waals surface area contributed by atoms with E-state index in [2.05, 4.69) is 15.3 Å². The quantitative estimate of drug-likeness (QED) is 0.572. The molecule has 0 saturated heterocycles. The summed E-state index contributed by atoms with van der Waals surface area (Å²) in [5.74, 6) is -0.699. The predicted octanol–water partition coefficient (Wildman–Crippen LogP) is 3.72. The molecule has 2 N–H and O–H groups in total. The number of pyridine rings is 1. The molecule has 0 bridgehead atoms. The fraction of sp³-hybridized carbons (Fsp3) is 0.0952. The Hall–Kier alpha value is -3.74. The van der Waals surface area contributed by atoms with E-state index in [4.69, 9.17) is 0 Å². The Morgan fingerprint density at radius 1 is 1.14 bits per heavy atom. The van der Waals surface area contributed by atoms with Crippen LogP contribution in [0.5, 0.6) is 0 Å². The number of benzene rings is 2. The molecule has 0 aliphatic rings. The molecule has 7 heteroatoms. The third-order valence-corrected chi connectivity index (χ3v) is 4.54. The van der Waals surface area contributed by atoms with Crippen LogP contribution >= 0.6 is 0 Å². The van der Waals surface area contributed by atoms with Gasteiger partial charge in [-0.1, -0.05) is 6.07 Å². The number of aromatic amines is 1. The number of aromatic nitrogens is 3. The van der Waals surface area contributed by atoms with Gasteiger partial charge in [-0.25, -0.2) is 9.18 Å². The number of fused-ring (bicyclic) bond motifs is 1. The summed E-state index contributed by atoms with van der Waals surface area (Å²) in [5, 5.41) is 3.52. The fourth-order valence-corrected chi connectivity index (χ4v) is 3.16. The van der Waals surface area contributed by atoms with Crippen molar-refractivity contribution in [3.05, 3.63) is 88.0 Å². The molecule has 2 heterocycles. The number of halogens is 1. The number of amides is 1. The van der Waals surface area contributed by atoms with E-state index in [1.807, 2.05) is 6.92 Å². The summed E-state index contributed by atoms with van der Waals surface area (Å²) in [6.07, 6.45) is 1.63. The van der Waals surface area contributed by atoms with Crippen LogP contribution in [0, 0.1) is 19.7 Å². The molecule has 6 nitrogen and oxygen atoms in total. The third kappa shape index (κ3) is 3.18. The minimum Gasteiger partial charge on any atom is -0.322 e. The van der Waals surface area contributed by atoms with Crippen molar-refractivity contribution < 1.29 is 9.18 Å². The summed E-state index contributed by atoms with van der Waals surface area (Å²) in [6, 6.07) is 13.0. The molecule has 0 fully saturated rings. The van der Waals surface area contributed by atoms with Gasteiger partial charge in [0.25, 0.3) is 5.91 Å². The standard InChI is InChI=1S/C21H17FN4O2/c1-12-11-23-21(28)26(12)17-5-3-4-16(10-17)25-20(27)18-8-14-6-7-15(22)9-19(14)24-13(18)2/h3-11H,1-2H3,(H,23,28)(H,25,27). The molecule has 2 aromatic carbocycles. The second-order valence-electron chi connectivity index (χ2n) is 6.53. The maximum absolute atomic E-state index is 13.4. The first kappa shape index (κ1) is 17.7. The van der Waals surface area contributed by atoms with E-state index >= 15 is 0 Å². The smallest absolute Gasteiger partial charge is 0.322 e. The lowest BCUT2D eigenvalue weighted by Crippen LogP contribution is -2.17. The van der Waals surface area contributed by atoms with Crippen LogP contribution in [0.3, 0.4) is 0 Å². The molecule has 1 amide bonds. The zero-order chi connectivity index (χ0) is 19.8. The van der Waals surface area contributed by atoms with Crippen molar-refractivity contribution in [3.63, 3.8) is 0 Å². The number of rotatable bonds is 3. The van der Waals surface area contributed by atoms with Gasteiger partial charge in [-0.2, -0.15) is 0 Å². The Balaban J connectivity index is 1.67. The SMILES string of the molecule is Cc1nc2cc(F)ccc2cc1C(=O)Nc1cccc(-n2c(C)c[nH]c2=O)c1. The van der Waals surface area contributed by atoms with Crippen molar-refractivity contribution in [3.8, 4) is 5.69 Å².